The lowest BCUT2D eigenvalue weighted by Crippen LogP contribution is -2.27. The van der Waals surface area contributed by atoms with Crippen LogP contribution in [0.5, 0.6) is 0 Å². The molecule has 1 N–H and O–H groups in total. The van der Waals surface area contributed by atoms with Gasteiger partial charge < -0.3 is 15.2 Å². The van der Waals surface area contributed by atoms with Crippen molar-refractivity contribution in [3.05, 3.63) is 66.0 Å². The second-order valence-corrected chi connectivity index (χ2v) is 5.32. The fourth-order valence-corrected chi connectivity index (χ4v) is 2.57. The number of carbonyl (C=O) groups is 1. The van der Waals surface area contributed by atoms with Gasteiger partial charge in [0.1, 0.15) is 11.6 Å². The second kappa shape index (κ2) is 6.44. The number of para-hydroxylation sites is 1. The van der Waals surface area contributed by atoms with Crippen LogP contribution in [0.2, 0.25) is 0 Å². The van der Waals surface area contributed by atoms with Crippen LogP contribution in [-0.4, -0.2) is 15.9 Å². The van der Waals surface area contributed by atoms with E-state index in [9.17, 15) is 9.90 Å². The fraction of sp³-hybridized carbons (Fsp3) is 0.167. The number of hydrogen-bond acceptors (Lipinski definition) is 5. The standard InChI is InChI=1S/C18H17N3O2/c1-12-19-15-10-6-5-9-14(15)18(20-12)21-16(11-17(22)23)13-7-3-2-4-8-13/h2-10,16H,11H2,1H3,(H,22,23)(H,19,20,21)/p-1/t16-/m0/s1. The van der Waals surface area contributed by atoms with Gasteiger partial charge in [-0.2, -0.15) is 0 Å². The summed E-state index contributed by atoms with van der Waals surface area (Å²) >= 11 is 0. The first-order valence-electron chi connectivity index (χ1n) is 7.38. The van der Waals surface area contributed by atoms with Crippen molar-refractivity contribution in [3.63, 3.8) is 0 Å². The summed E-state index contributed by atoms with van der Waals surface area (Å²) in [7, 11) is 0. The predicted octanol–water partition coefficient (Wildman–Crippen LogP) is 2.23. The zero-order valence-electron chi connectivity index (χ0n) is 12.7. The summed E-state index contributed by atoms with van der Waals surface area (Å²) in [5.41, 5.74) is 1.69. The molecule has 5 heteroatoms. The number of nitrogens with one attached hydrogen (secondary N) is 1. The lowest BCUT2D eigenvalue weighted by molar-refractivity contribution is -0.306. The van der Waals surface area contributed by atoms with E-state index in [-0.39, 0.29) is 6.42 Å². The number of aliphatic carboxylic acids is 1. The first-order valence-corrected chi connectivity index (χ1v) is 7.38. The van der Waals surface area contributed by atoms with Crippen molar-refractivity contribution < 1.29 is 9.90 Å². The van der Waals surface area contributed by atoms with E-state index in [0.29, 0.717) is 11.6 Å². The summed E-state index contributed by atoms with van der Waals surface area (Å²) in [6.07, 6.45) is -0.138. The second-order valence-electron chi connectivity index (χ2n) is 5.32. The van der Waals surface area contributed by atoms with Crippen LogP contribution in [0, 0.1) is 6.92 Å². The number of anilines is 1. The predicted molar refractivity (Wildman–Crippen MR) is 86.7 cm³/mol. The van der Waals surface area contributed by atoms with Crippen LogP contribution >= 0.6 is 0 Å². The Morgan fingerprint density at radius 3 is 2.52 bits per heavy atom. The van der Waals surface area contributed by atoms with E-state index in [2.05, 4.69) is 15.3 Å². The monoisotopic (exact) mass is 306 g/mol. The van der Waals surface area contributed by atoms with Crippen LogP contribution in [-0.2, 0) is 4.79 Å². The molecule has 0 aliphatic rings. The number of rotatable bonds is 5. The third-order valence-electron chi connectivity index (χ3n) is 3.60. The highest BCUT2D eigenvalue weighted by molar-refractivity contribution is 5.89. The summed E-state index contributed by atoms with van der Waals surface area (Å²) in [4.78, 5) is 20.0. The first-order chi connectivity index (χ1) is 11.1. The lowest BCUT2D eigenvalue weighted by Gasteiger charge is -2.21. The van der Waals surface area contributed by atoms with Gasteiger partial charge >= 0.3 is 0 Å². The average Bonchev–Trinajstić information content (AvgIpc) is 2.54. The molecule has 0 amide bonds. The van der Waals surface area contributed by atoms with E-state index in [1.807, 2.05) is 61.5 Å². The number of carbonyl (C=O) groups excluding carboxylic acids is 1. The largest absolute Gasteiger partial charge is 0.550 e. The van der Waals surface area contributed by atoms with Gasteiger partial charge in [-0.3, -0.25) is 0 Å². The number of fused-ring (bicyclic) bond motifs is 1. The molecule has 0 radical (unpaired) electrons. The van der Waals surface area contributed by atoms with Crippen LogP contribution in [0.15, 0.2) is 54.6 Å². The molecule has 23 heavy (non-hydrogen) atoms. The Kier molecular flexibility index (Phi) is 4.19. The minimum Gasteiger partial charge on any atom is -0.550 e. The Hall–Kier alpha value is -2.95. The molecule has 3 rings (SSSR count). The smallest absolute Gasteiger partial charge is 0.138 e. The van der Waals surface area contributed by atoms with Crippen molar-refractivity contribution in [2.75, 3.05) is 5.32 Å². The zero-order chi connectivity index (χ0) is 16.2. The third kappa shape index (κ3) is 3.45. The van der Waals surface area contributed by atoms with Gasteiger partial charge in [-0.1, -0.05) is 42.5 Å². The Morgan fingerprint density at radius 1 is 1.09 bits per heavy atom. The number of aryl methyl sites for hydroxylation is 1. The lowest BCUT2D eigenvalue weighted by atomic mass is 10.0. The van der Waals surface area contributed by atoms with Gasteiger partial charge in [0.2, 0.25) is 0 Å². The van der Waals surface area contributed by atoms with Crippen molar-refractivity contribution >= 4 is 22.7 Å². The zero-order valence-corrected chi connectivity index (χ0v) is 12.7. The summed E-state index contributed by atoms with van der Waals surface area (Å²) in [6, 6.07) is 16.6. The van der Waals surface area contributed by atoms with E-state index in [4.69, 9.17) is 0 Å². The van der Waals surface area contributed by atoms with Crippen LogP contribution in [0.1, 0.15) is 23.9 Å². The first kappa shape index (κ1) is 15.0. The minimum absolute atomic E-state index is 0.138. The maximum atomic E-state index is 11.1. The van der Waals surface area contributed by atoms with Crippen molar-refractivity contribution in [1.29, 1.82) is 0 Å². The Morgan fingerprint density at radius 2 is 1.78 bits per heavy atom. The van der Waals surface area contributed by atoms with Crippen molar-refractivity contribution in [3.8, 4) is 0 Å². The van der Waals surface area contributed by atoms with Crippen molar-refractivity contribution in [2.24, 2.45) is 0 Å². The number of carboxylic acid groups (broad SMARTS) is 1. The van der Waals surface area contributed by atoms with Crippen LogP contribution in [0.4, 0.5) is 5.82 Å². The molecule has 3 aromatic rings. The number of nitrogens with zero attached hydrogens (tertiary/aromatic N) is 2. The molecule has 1 atom stereocenters. The van der Waals surface area contributed by atoms with Gasteiger partial charge in [0, 0.05) is 17.8 Å². The number of aromatic nitrogens is 2. The molecule has 0 unspecified atom stereocenters. The topological polar surface area (TPSA) is 77.9 Å². The summed E-state index contributed by atoms with van der Waals surface area (Å²) in [5.74, 6) is 0.149. The maximum Gasteiger partial charge on any atom is 0.138 e. The summed E-state index contributed by atoms with van der Waals surface area (Å²) in [5, 5.41) is 15.2. The SMILES string of the molecule is Cc1nc(N[C@@H](CC(=O)[O-])c2ccccc2)c2ccccc2n1. The maximum absolute atomic E-state index is 11.1. The summed E-state index contributed by atoms with van der Waals surface area (Å²) < 4.78 is 0. The van der Waals surface area contributed by atoms with Gasteiger partial charge in [0.25, 0.3) is 0 Å². The molecular formula is C18H16N3O2-. The number of benzene rings is 2. The van der Waals surface area contributed by atoms with Gasteiger partial charge in [-0.05, 0) is 24.6 Å². The minimum atomic E-state index is -1.11. The van der Waals surface area contributed by atoms with Gasteiger partial charge in [0.15, 0.2) is 0 Å². The van der Waals surface area contributed by atoms with Crippen molar-refractivity contribution in [2.45, 2.75) is 19.4 Å². The highest BCUT2D eigenvalue weighted by Crippen LogP contribution is 2.26. The van der Waals surface area contributed by atoms with Gasteiger partial charge in [-0.25, -0.2) is 9.97 Å². The van der Waals surface area contributed by atoms with E-state index < -0.39 is 12.0 Å². The molecule has 1 aromatic heterocycles. The number of hydrogen-bond donors (Lipinski definition) is 1. The van der Waals surface area contributed by atoms with E-state index >= 15 is 0 Å². The molecule has 0 aliphatic heterocycles. The van der Waals surface area contributed by atoms with Gasteiger partial charge in [-0.15, -0.1) is 0 Å². The molecule has 2 aromatic carbocycles. The molecule has 5 nitrogen and oxygen atoms in total. The quantitative estimate of drug-likeness (QED) is 0.782. The highest BCUT2D eigenvalue weighted by Gasteiger charge is 2.14. The molecule has 116 valence electrons. The van der Waals surface area contributed by atoms with Crippen LogP contribution < -0.4 is 10.4 Å². The molecule has 0 aliphatic carbocycles. The number of carboxylic acids is 1. The Balaban J connectivity index is 2.02. The summed E-state index contributed by atoms with van der Waals surface area (Å²) in [6.45, 7) is 1.81. The Bertz CT molecular complexity index is 834. The highest BCUT2D eigenvalue weighted by atomic mass is 16.4. The molecule has 0 spiro atoms. The van der Waals surface area contributed by atoms with Crippen molar-refractivity contribution in [1.82, 2.24) is 9.97 Å². The molecular weight excluding hydrogens is 290 g/mol. The fourth-order valence-electron chi connectivity index (χ4n) is 2.57. The molecule has 1 heterocycles. The van der Waals surface area contributed by atoms with Gasteiger partial charge in [0.05, 0.1) is 11.6 Å². The van der Waals surface area contributed by atoms with E-state index in [1.165, 1.54) is 0 Å². The Labute approximate surface area is 134 Å². The molecule has 0 fully saturated rings. The van der Waals surface area contributed by atoms with Crippen LogP contribution in [0.25, 0.3) is 10.9 Å². The molecule has 0 saturated carbocycles. The molecule has 0 saturated heterocycles. The normalized spacial score (nSPS) is 12.0. The molecule has 0 bridgehead atoms. The van der Waals surface area contributed by atoms with Crippen LogP contribution in [0.3, 0.4) is 0 Å². The van der Waals surface area contributed by atoms with E-state index in [1.54, 1.807) is 0 Å². The third-order valence-corrected chi connectivity index (χ3v) is 3.60. The van der Waals surface area contributed by atoms with E-state index in [0.717, 1.165) is 16.5 Å². The average molecular weight is 306 g/mol.